The van der Waals surface area contributed by atoms with Gasteiger partial charge in [0.15, 0.2) is 5.05 Å². The molecule has 0 saturated carbocycles. The molecule has 0 amide bonds. The standard InChI is InChI=1S/C9H18OS/c1-7(2)5-6-9(11)10-8(3)4/h7-8H,5-6H2,1-4H3. The molecule has 0 saturated heterocycles. The highest BCUT2D eigenvalue weighted by atomic mass is 32.1. The van der Waals surface area contributed by atoms with Crippen molar-refractivity contribution in [2.75, 3.05) is 0 Å². The second-order valence-corrected chi connectivity index (χ2v) is 3.93. The second kappa shape index (κ2) is 5.53. The normalized spacial score (nSPS) is 10.7. The van der Waals surface area contributed by atoms with Crippen LogP contribution in [-0.2, 0) is 4.74 Å². The van der Waals surface area contributed by atoms with Gasteiger partial charge in [-0.15, -0.1) is 0 Å². The maximum atomic E-state index is 5.33. The Bertz CT molecular complexity index is 119. The first-order valence-electron chi connectivity index (χ1n) is 4.22. The minimum Gasteiger partial charge on any atom is -0.484 e. The van der Waals surface area contributed by atoms with Crippen molar-refractivity contribution in [2.24, 2.45) is 5.92 Å². The van der Waals surface area contributed by atoms with Gasteiger partial charge < -0.3 is 4.74 Å². The minimum absolute atomic E-state index is 0.231. The van der Waals surface area contributed by atoms with Gasteiger partial charge in [-0.05, 0) is 38.4 Å². The Hall–Kier alpha value is -0.110. The number of thiocarbonyl (C=S) groups is 1. The van der Waals surface area contributed by atoms with Gasteiger partial charge in [0.25, 0.3) is 0 Å². The van der Waals surface area contributed by atoms with Gasteiger partial charge in [-0.3, -0.25) is 0 Å². The third-order valence-corrected chi connectivity index (χ3v) is 1.59. The summed E-state index contributed by atoms with van der Waals surface area (Å²) in [7, 11) is 0. The first-order valence-corrected chi connectivity index (χ1v) is 4.62. The number of rotatable bonds is 4. The van der Waals surface area contributed by atoms with Crippen molar-refractivity contribution in [2.45, 2.75) is 46.6 Å². The molecular weight excluding hydrogens is 156 g/mol. The Labute approximate surface area is 75.1 Å². The Balaban J connectivity index is 3.38. The molecule has 0 unspecified atom stereocenters. The van der Waals surface area contributed by atoms with Gasteiger partial charge in [-0.25, -0.2) is 0 Å². The molecule has 0 rings (SSSR count). The molecule has 0 aromatic rings. The fraction of sp³-hybridized carbons (Fsp3) is 0.889. The van der Waals surface area contributed by atoms with Crippen LogP contribution in [0.5, 0.6) is 0 Å². The van der Waals surface area contributed by atoms with Crippen molar-refractivity contribution in [3.8, 4) is 0 Å². The SMILES string of the molecule is CC(C)CCC(=S)OC(C)C. The molecule has 0 aliphatic carbocycles. The lowest BCUT2D eigenvalue weighted by molar-refractivity contribution is 0.227. The molecule has 11 heavy (non-hydrogen) atoms. The summed E-state index contributed by atoms with van der Waals surface area (Å²) in [4.78, 5) is 0. The molecule has 0 bridgehead atoms. The zero-order valence-corrected chi connectivity index (χ0v) is 8.70. The van der Waals surface area contributed by atoms with Crippen molar-refractivity contribution in [1.29, 1.82) is 0 Å². The molecule has 0 spiro atoms. The molecule has 0 aliphatic heterocycles. The molecule has 0 fully saturated rings. The van der Waals surface area contributed by atoms with Crippen molar-refractivity contribution >= 4 is 17.3 Å². The molecule has 0 heterocycles. The Kier molecular flexibility index (Phi) is 5.47. The molecule has 0 aliphatic rings. The van der Waals surface area contributed by atoms with Gasteiger partial charge in [0.2, 0.25) is 0 Å². The van der Waals surface area contributed by atoms with Crippen molar-refractivity contribution in [3.05, 3.63) is 0 Å². The smallest absolute Gasteiger partial charge is 0.160 e. The fourth-order valence-corrected chi connectivity index (χ4v) is 1.04. The van der Waals surface area contributed by atoms with Crippen molar-refractivity contribution in [3.63, 3.8) is 0 Å². The zero-order chi connectivity index (χ0) is 8.85. The van der Waals surface area contributed by atoms with Crippen LogP contribution in [-0.4, -0.2) is 11.2 Å². The van der Waals surface area contributed by atoms with Gasteiger partial charge in [-0.2, -0.15) is 0 Å². The van der Waals surface area contributed by atoms with Crippen LogP contribution >= 0.6 is 12.2 Å². The van der Waals surface area contributed by atoms with Gasteiger partial charge in [0, 0.05) is 6.42 Å². The summed E-state index contributed by atoms with van der Waals surface area (Å²) in [6.45, 7) is 8.39. The first kappa shape index (κ1) is 10.9. The lowest BCUT2D eigenvalue weighted by atomic mass is 10.1. The lowest BCUT2D eigenvalue weighted by Gasteiger charge is -2.11. The van der Waals surface area contributed by atoms with E-state index in [0.717, 1.165) is 17.9 Å². The molecule has 0 aromatic carbocycles. The van der Waals surface area contributed by atoms with E-state index in [1.165, 1.54) is 0 Å². The molecule has 1 nitrogen and oxygen atoms in total. The second-order valence-electron chi connectivity index (χ2n) is 3.47. The summed E-state index contributed by atoms with van der Waals surface area (Å²) in [5, 5.41) is 0.758. The van der Waals surface area contributed by atoms with Crippen molar-refractivity contribution in [1.82, 2.24) is 0 Å². The number of hydrogen-bond donors (Lipinski definition) is 0. The maximum Gasteiger partial charge on any atom is 0.160 e. The van der Waals surface area contributed by atoms with Crippen LogP contribution < -0.4 is 0 Å². The van der Waals surface area contributed by atoms with E-state index in [9.17, 15) is 0 Å². The summed E-state index contributed by atoms with van der Waals surface area (Å²) in [6.07, 6.45) is 2.28. The summed E-state index contributed by atoms with van der Waals surface area (Å²) in [5.74, 6) is 0.712. The van der Waals surface area contributed by atoms with E-state index in [-0.39, 0.29) is 6.10 Å². The van der Waals surface area contributed by atoms with Crippen molar-refractivity contribution < 1.29 is 4.74 Å². The third kappa shape index (κ3) is 7.79. The minimum atomic E-state index is 0.231. The lowest BCUT2D eigenvalue weighted by Crippen LogP contribution is -2.09. The molecule has 0 aromatic heterocycles. The number of hydrogen-bond acceptors (Lipinski definition) is 2. The summed E-state index contributed by atoms with van der Waals surface area (Å²) < 4.78 is 5.33. The molecule has 2 heteroatoms. The van der Waals surface area contributed by atoms with E-state index in [0.29, 0.717) is 5.92 Å². The highest BCUT2D eigenvalue weighted by molar-refractivity contribution is 7.80. The van der Waals surface area contributed by atoms with Crippen LogP contribution in [0.2, 0.25) is 0 Å². The van der Waals surface area contributed by atoms with E-state index < -0.39 is 0 Å². The Morgan fingerprint density at radius 1 is 1.27 bits per heavy atom. The van der Waals surface area contributed by atoms with Crippen LogP contribution in [0.3, 0.4) is 0 Å². The van der Waals surface area contributed by atoms with E-state index in [1.807, 2.05) is 13.8 Å². The van der Waals surface area contributed by atoms with Crippen LogP contribution in [0, 0.1) is 5.92 Å². The Morgan fingerprint density at radius 3 is 2.18 bits per heavy atom. The maximum absolute atomic E-state index is 5.33. The molecule has 66 valence electrons. The third-order valence-electron chi connectivity index (χ3n) is 1.29. The quantitative estimate of drug-likeness (QED) is 0.605. The molecule has 0 atom stereocenters. The highest BCUT2D eigenvalue weighted by Crippen LogP contribution is 2.06. The topological polar surface area (TPSA) is 9.23 Å². The predicted octanol–water partition coefficient (Wildman–Crippen LogP) is 3.18. The van der Waals surface area contributed by atoms with Crippen LogP contribution in [0.15, 0.2) is 0 Å². The summed E-state index contributed by atoms with van der Waals surface area (Å²) >= 11 is 5.03. The summed E-state index contributed by atoms with van der Waals surface area (Å²) in [6, 6.07) is 0. The van der Waals surface area contributed by atoms with E-state index in [4.69, 9.17) is 17.0 Å². The Morgan fingerprint density at radius 2 is 1.82 bits per heavy atom. The zero-order valence-electron chi connectivity index (χ0n) is 7.89. The average Bonchev–Trinajstić information content (AvgIpc) is 1.82. The number of ether oxygens (including phenoxy) is 1. The fourth-order valence-electron chi connectivity index (χ4n) is 0.728. The predicted molar refractivity (Wildman–Crippen MR) is 52.9 cm³/mol. The van der Waals surface area contributed by atoms with Gasteiger partial charge in [-0.1, -0.05) is 13.8 Å². The van der Waals surface area contributed by atoms with E-state index >= 15 is 0 Å². The largest absolute Gasteiger partial charge is 0.484 e. The van der Waals surface area contributed by atoms with E-state index in [1.54, 1.807) is 0 Å². The highest BCUT2D eigenvalue weighted by Gasteiger charge is 2.01. The van der Waals surface area contributed by atoms with E-state index in [2.05, 4.69) is 13.8 Å². The van der Waals surface area contributed by atoms with Gasteiger partial charge in [0.05, 0.1) is 6.10 Å². The van der Waals surface area contributed by atoms with Crippen LogP contribution in [0.25, 0.3) is 0 Å². The van der Waals surface area contributed by atoms with Crippen LogP contribution in [0.1, 0.15) is 40.5 Å². The molecule has 0 N–H and O–H groups in total. The monoisotopic (exact) mass is 174 g/mol. The van der Waals surface area contributed by atoms with Gasteiger partial charge >= 0.3 is 0 Å². The summed E-state index contributed by atoms with van der Waals surface area (Å²) in [5.41, 5.74) is 0. The van der Waals surface area contributed by atoms with Gasteiger partial charge in [0.1, 0.15) is 0 Å². The molecular formula is C9H18OS. The molecule has 0 radical (unpaired) electrons. The average molecular weight is 174 g/mol. The first-order chi connectivity index (χ1) is 5.02. The van der Waals surface area contributed by atoms with Crippen LogP contribution in [0.4, 0.5) is 0 Å².